The number of hydrogen-bond donors (Lipinski definition) is 1. The van der Waals surface area contributed by atoms with Gasteiger partial charge in [0.05, 0.1) is 5.75 Å². The predicted molar refractivity (Wildman–Crippen MR) is 67.5 cm³/mol. The van der Waals surface area contributed by atoms with E-state index in [1.165, 1.54) is 0 Å². The van der Waals surface area contributed by atoms with Crippen molar-refractivity contribution in [2.45, 2.75) is 32.7 Å². The van der Waals surface area contributed by atoms with Crippen molar-refractivity contribution in [1.82, 2.24) is 10.2 Å². The number of nitrogens with one attached hydrogen (secondary N) is 1. The molecule has 1 aliphatic heterocycles. The summed E-state index contributed by atoms with van der Waals surface area (Å²) in [7, 11) is -2.84. The smallest absolute Gasteiger partial charge is 0.151 e. The van der Waals surface area contributed by atoms with Crippen LogP contribution in [0.15, 0.2) is 0 Å². The van der Waals surface area contributed by atoms with Crippen molar-refractivity contribution in [1.29, 1.82) is 0 Å². The first-order chi connectivity index (χ1) is 7.43. The monoisotopic (exact) mass is 248 g/mol. The van der Waals surface area contributed by atoms with Gasteiger partial charge in [-0.05, 0) is 13.3 Å². The van der Waals surface area contributed by atoms with Crippen LogP contribution in [0.3, 0.4) is 0 Å². The fourth-order valence-electron chi connectivity index (χ4n) is 2.08. The lowest BCUT2D eigenvalue weighted by Gasteiger charge is -2.44. The van der Waals surface area contributed by atoms with Crippen LogP contribution in [-0.2, 0) is 9.84 Å². The lowest BCUT2D eigenvalue weighted by atomic mass is 9.94. The van der Waals surface area contributed by atoms with Crippen LogP contribution in [0.5, 0.6) is 0 Å². The summed E-state index contributed by atoms with van der Waals surface area (Å²) < 4.78 is 23.0. The van der Waals surface area contributed by atoms with Crippen molar-refractivity contribution in [2.75, 3.05) is 37.7 Å². The van der Waals surface area contributed by atoms with E-state index in [1.807, 2.05) is 0 Å². The molecule has 1 N–H and O–H groups in total. The predicted octanol–water partition coefficient (Wildman–Crippen LogP) is 0.495. The molecule has 1 fully saturated rings. The maximum atomic E-state index is 11.5. The molecule has 4 nitrogen and oxygen atoms in total. The number of nitrogens with zero attached hydrogens (tertiary/aromatic N) is 1. The van der Waals surface area contributed by atoms with E-state index < -0.39 is 9.84 Å². The van der Waals surface area contributed by atoms with Gasteiger partial charge >= 0.3 is 0 Å². The third-order valence-corrected chi connectivity index (χ3v) is 5.39. The van der Waals surface area contributed by atoms with Crippen LogP contribution >= 0.6 is 0 Å². The summed E-state index contributed by atoms with van der Waals surface area (Å²) >= 11 is 0. The van der Waals surface area contributed by atoms with Crippen LogP contribution in [0.4, 0.5) is 0 Å². The third-order valence-electron chi connectivity index (χ3n) is 3.70. The second kappa shape index (κ2) is 5.47. The molecule has 1 rings (SSSR count). The first-order valence-electron chi connectivity index (χ1n) is 6.10. The van der Waals surface area contributed by atoms with Gasteiger partial charge in [0.2, 0.25) is 0 Å². The highest BCUT2D eigenvalue weighted by atomic mass is 32.2. The lowest BCUT2D eigenvalue weighted by molar-refractivity contribution is 0.0782. The molecule has 0 saturated carbocycles. The normalized spacial score (nSPS) is 28.2. The van der Waals surface area contributed by atoms with Gasteiger partial charge in [0.25, 0.3) is 0 Å². The molecule has 0 aromatic rings. The molecule has 1 heterocycles. The van der Waals surface area contributed by atoms with Gasteiger partial charge < -0.3 is 5.32 Å². The minimum atomic E-state index is -2.84. The first kappa shape index (κ1) is 13.9. The van der Waals surface area contributed by atoms with E-state index in [9.17, 15) is 8.42 Å². The maximum absolute atomic E-state index is 11.5. The molecule has 1 saturated heterocycles. The van der Waals surface area contributed by atoms with Gasteiger partial charge in [-0.3, -0.25) is 4.90 Å². The number of piperazine rings is 1. The zero-order valence-corrected chi connectivity index (χ0v) is 11.4. The Kier molecular flexibility index (Phi) is 4.76. The quantitative estimate of drug-likeness (QED) is 0.769. The van der Waals surface area contributed by atoms with Crippen molar-refractivity contribution in [3.63, 3.8) is 0 Å². The van der Waals surface area contributed by atoms with Crippen molar-refractivity contribution in [3.05, 3.63) is 0 Å². The van der Waals surface area contributed by atoms with E-state index in [0.717, 1.165) is 26.1 Å². The Morgan fingerprint density at radius 1 is 1.38 bits per heavy atom. The van der Waals surface area contributed by atoms with Crippen LogP contribution in [0, 0.1) is 0 Å². The molecule has 0 bridgehead atoms. The van der Waals surface area contributed by atoms with Crippen LogP contribution in [-0.4, -0.2) is 56.5 Å². The highest BCUT2D eigenvalue weighted by Crippen LogP contribution is 2.20. The highest BCUT2D eigenvalue weighted by molar-refractivity contribution is 7.91. The van der Waals surface area contributed by atoms with E-state index in [2.05, 4.69) is 24.1 Å². The Morgan fingerprint density at radius 3 is 2.62 bits per heavy atom. The topological polar surface area (TPSA) is 49.4 Å². The molecular weight excluding hydrogens is 224 g/mol. The molecule has 0 aromatic heterocycles. The molecule has 0 aromatic carbocycles. The zero-order chi connectivity index (χ0) is 12.2. The fourth-order valence-corrected chi connectivity index (χ4v) is 2.86. The molecule has 96 valence electrons. The maximum Gasteiger partial charge on any atom is 0.151 e. The number of sulfone groups is 1. The van der Waals surface area contributed by atoms with E-state index in [1.54, 1.807) is 6.92 Å². The molecular formula is C11H24N2O2S. The summed E-state index contributed by atoms with van der Waals surface area (Å²) in [5.41, 5.74) is 0.113. The van der Waals surface area contributed by atoms with Crippen LogP contribution in [0.1, 0.15) is 27.2 Å². The Labute approximate surface area is 99.3 Å². The Hall–Kier alpha value is -0.130. The van der Waals surface area contributed by atoms with Gasteiger partial charge in [0.15, 0.2) is 9.84 Å². The van der Waals surface area contributed by atoms with Crippen molar-refractivity contribution in [2.24, 2.45) is 0 Å². The van der Waals surface area contributed by atoms with Gasteiger partial charge in [0, 0.05) is 37.5 Å². The van der Waals surface area contributed by atoms with Crippen molar-refractivity contribution in [3.8, 4) is 0 Å². The van der Waals surface area contributed by atoms with E-state index in [0.29, 0.717) is 12.3 Å². The van der Waals surface area contributed by atoms with Gasteiger partial charge in [-0.1, -0.05) is 13.8 Å². The minimum absolute atomic E-state index is 0.113. The summed E-state index contributed by atoms with van der Waals surface area (Å²) in [5, 5.41) is 3.38. The number of rotatable bonds is 5. The molecule has 5 heteroatoms. The lowest BCUT2D eigenvalue weighted by Crippen LogP contribution is -2.60. The SMILES string of the molecule is CCC1(C)CNCCN1CCS(=O)(=O)CC. The minimum Gasteiger partial charge on any atom is -0.314 e. The van der Waals surface area contributed by atoms with Crippen LogP contribution < -0.4 is 5.32 Å². The fraction of sp³-hybridized carbons (Fsp3) is 1.00. The van der Waals surface area contributed by atoms with Gasteiger partial charge in [-0.2, -0.15) is 0 Å². The van der Waals surface area contributed by atoms with Crippen LogP contribution in [0.25, 0.3) is 0 Å². The van der Waals surface area contributed by atoms with E-state index >= 15 is 0 Å². The molecule has 0 radical (unpaired) electrons. The summed E-state index contributed by atoms with van der Waals surface area (Å²) in [6.07, 6.45) is 1.05. The van der Waals surface area contributed by atoms with Gasteiger partial charge in [-0.25, -0.2) is 8.42 Å². The van der Waals surface area contributed by atoms with Crippen molar-refractivity contribution < 1.29 is 8.42 Å². The largest absolute Gasteiger partial charge is 0.314 e. The standard InChI is InChI=1S/C11H24N2O2S/c1-4-11(3)10-12-6-7-13(11)8-9-16(14,15)5-2/h12H,4-10H2,1-3H3. The Balaban J connectivity index is 2.58. The van der Waals surface area contributed by atoms with Gasteiger partial charge in [-0.15, -0.1) is 0 Å². The Bertz CT molecular complexity index is 316. The van der Waals surface area contributed by atoms with E-state index in [-0.39, 0.29) is 11.3 Å². The summed E-state index contributed by atoms with van der Waals surface area (Å²) in [6.45, 7) is 9.61. The highest BCUT2D eigenvalue weighted by Gasteiger charge is 2.32. The van der Waals surface area contributed by atoms with Gasteiger partial charge in [0.1, 0.15) is 0 Å². The average molecular weight is 248 g/mol. The first-order valence-corrected chi connectivity index (χ1v) is 7.92. The molecule has 0 aliphatic carbocycles. The number of hydrogen-bond acceptors (Lipinski definition) is 4. The molecule has 1 aliphatic rings. The molecule has 1 unspecified atom stereocenters. The summed E-state index contributed by atoms with van der Waals surface area (Å²) in [5.74, 6) is 0.543. The molecule has 16 heavy (non-hydrogen) atoms. The molecule has 0 amide bonds. The molecule has 0 spiro atoms. The zero-order valence-electron chi connectivity index (χ0n) is 10.6. The average Bonchev–Trinajstić information content (AvgIpc) is 2.28. The summed E-state index contributed by atoms with van der Waals surface area (Å²) in [6, 6.07) is 0. The second-order valence-electron chi connectivity index (χ2n) is 4.75. The van der Waals surface area contributed by atoms with E-state index in [4.69, 9.17) is 0 Å². The second-order valence-corrected chi connectivity index (χ2v) is 7.22. The van der Waals surface area contributed by atoms with Crippen LogP contribution in [0.2, 0.25) is 0 Å². The Morgan fingerprint density at radius 2 is 2.06 bits per heavy atom. The molecule has 1 atom stereocenters. The third kappa shape index (κ3) is 3.43. The van der Waals surface area contributed by atoms with Crippen molar-refractivity contribution >= 4 is 9.84 Å². The summed E-state index contributed by atoms with van der Waals surface area (Å²) in [4.78, 5) is 2.32.